The van der Waals surface area contributed by atoms with Crippen molar-refractivity contribution in [3.63, 3.8) is 0 Å². The Labute approximate surface area is 220 Å². The summed E-state index contributed by atoms with van der Waals surface area (Å²) in [4.78, 5) is 22.0. The Balaban J connectivity index is 1.04. The van der Waals surface area contributed by atoms with Crippen LogP contribution >= 0.6 is 15.9 Å². The van der Waals surface area contributed by atoms with Gasteiger partial charge in [-0.1, -0.05) is 57.5 Å². The summed E-state index contributed by atoms with van der Waals surface area (Å²) in [6, 6.07) is 16.4. The molecule has 2 aliphatic rings. The Kier molecular flexibility index (Phi) is 8.43. The first-order valence-electron chi connectivity index (χ1n) is 12.6. The summed E-state index contributed by atoms with van der Waals surface area (Å²) >= 11 is 3.47. The number of benzene rings is 2. The lowest BCUT2D eigenvalue weighted by Gasteiger charge is -2.30. The van der Waals surface area contributed by atoms with E-state index in [0.29, 0.717) is 24.8 Å². The number of likely N-dealkylation sites (tertiary alicyclic amines) is 1. The summed E-state index contributed by atoms with van der Waals surface area (Å²) in [5.41, 5.74) is 3.34. The van der Waals surface area contributed by atoms with Gasteiger partial charge in [-0.15, -0.1) is 0 Å². The molecule has 1 aromatic heterocycles. The first kappa shape index (κ1) is 25.1. The van der Waals surface area contributed by atoms with Crippen molar-refractivity contribution in [3.05, 3.63) is 70.0 Å². The summed E-state index contributed by atoms with van der Waals surface area (Å²) in [6.07, 6.45) is 1.66. The van der Waals surface area contributed by atoms with Gasteiger partial charge in [0.1, 0.15) is 0 Å². The molecule has 3 heterocycles. The zero-order chi connectivity index (χ0) is 24.7. The Morgan fingerprint density at radius 1 is 0.972 bits per heavy atom. The van der Waals surface area contributed by atoms with Gasteiger partial charge in [0.05, 0.1) is 19.8 Å². The van der Waals surface area contributed by atoms with Crippen LogP contribution in [-0.2, 0) is 29.2 Å². The lowest BCUT2D eigenvalue weighted by molar-refractivity contribution is -0.126. The summed E-state index contributed by atoms with van der Waals surface area (Å²) in [5.74, 6) is 1.38. The predicted octanol–water partition coefficient (Wildman–Crippen LogP) is 3.86. The van der Waals surface area contributed by atoms with Crippen LogP contribution in [0.15, 0.2) is 57.5 Å². The van der Waals surface area contributed by atoms with Crippen molar-refractivity contribution in [3.8, 4) is 11.4 Å². The summed E-state index contributed by atoms with van der Waals surface area (Å²) in [6.45, 7) is 7.39. The van der Waals surface area contributed by atoms with E-state index in [1.807, 2.05) is 24.3 Å². The number of carbonyl (C=O) groups is 1. The van der Waals surface area contributed by atoms with Crippen LogP contribution in [0.25, 0.3) is 11.4 Å². The van der Waals surface area contributed by atoms with E-state index in [-0.39, 0.29) is 11.8 Å². The first-order chi connectivity index (χ1) is 17.6. The Morgan fingerprint density at radius 3 is 2.44 bits per heavy atom. The van der Waals surface area contributed by atoms with Crippen LogP contribution in [0.4, 0.5) is 0 Å². The molecule has 190 valence electrons. The van der Waals surface area contributed by atoms with Crippen LogP contribution in [0, 0.1) is 5.92 Å². The SMILES string of the molecule is O=C(NCc1ccc(CN2CCOCC2)cc1)C1CCN(Cc2nc(-c3cccc(Br)c3)no2)CC1. The second kappa shape index (κ2) is 12.1. The molecule has 36 heavy (non-hydrogen) atoms. The molecule has 0 bridgehead atoms. The minimum absolute atomic E-state index is 0.0433. The van der Waals surface area contributed by atoms with Crippen LogP contribution < -0.4 is 5.32 Å². The molecule has 1 amide bonds. The average molecular weight is 554 g/mol. The molecule has 5 rings (SSSR count). The van der Waals surface area contributed by atoms with Crippen molar-refractivity contribution < 1.29 is 14.1 Å². The highest BCUT2D eigenvalue weighted by Crippen LogP contribution is 2.22. The van der Waals surface area contributed by atoms with Crippen molar-refractivity contribution in [2.45, 2.75) is 32.5 Å². The topological polar surface area (TPSA) is 83.7 Å². The van der Waals surface area contributed by atoms with Gasteiger partial charge >= 0.3 is 0 Å². The second-order valence-corrected chi connectivity index (χ2v) is 10.4. The molecule has 8 nitrogen and oxygen atoms in total. The van der Waals surface area contributed by atoms with Gasteiger partial charge in [-0.25, -0.2) is 0 Å². The van der Waals surface area contributed by atoms with E-state index in [1.165, 1.54) is 5.56 Å². The number of carbonyl (C=O) groups excluding carboxylic acids is 1. The summed E-state index contributed by atoms with van der Waals surface area (Å²) in [7, 11) is 0. The first-order valence-corrected chi connectivity index (χ1v) is 13.4. The van der Waals surface area contributed by atoms with Gasteiger partial charge < -0.3 is 14.6 Å². The minimum atomic E-state index is 0.0433. The number of rotatable bonds is 8. The third-order valence-corrected chi connectivity index (χ3v) is 7.36. The number of amides is 1. The Hall–Kier alpha value is -2.59. The molecule has 0 spiro atoms. The highest BCUT2D eigenvalue weighted by atomic mass is 79.9. The van der Waals surface area contributed by atoms with Gasteiger partial charge in [0, 0.05) is 42.1 Å². The maximum atomic E-state index is 12.8. The van der Waals surface area contributed by atoms with Crippen LogP contribution in [0.1, 0.15) is 29.9 Å². The largest absolute Gasteiger partial charge is 0.379 e. The van der Waals surface area contributed by atoms with Crippen LogP contribution in [-0.4, -0.2) is 65.2 Å². The van der Waals surface area contributed by atoms with E-state index in [1.54, 1.807) is 0 Å². The zero-order valence-electron chi connectivity index (χ0n) is 20.4. The third kappa shape index (κ3) is 6.79. The monoisotopic (exact) mass is 553 g/mol. The molecule has 1 N–H and O–H groups in total. The molecule has 2 aromatic carbocycles. The molecular weight excluding hydrogens is 522 g/mol. The van der Waals surface area contributed by atoms with Crippen molar-refractivity contribution in [1.29, 1.82) is 0 Å². The smallest absolute Gasteiger partial charge is 0.241 e. The normalized spacial score (nSPS) is 17.8. The Morgan fingerprint density at radius 2 is 1.69 bits per heavy atom. The fourth-order valence-corrected chi connectivity index (χ4v) is 5.12. The van der Waals surface area contributed by atoms with Gasteiger partial charge in [0.15, 0.2) is 0 Å². The molecule has 2 aliphatic heterocycles. The lowest BCUT2D eigenvalue weighted by atomic mass is 9.96. The molecule has 2 fully saturated rings. The number of ether oxygens (including phenoxy) is 1. The fraction of sp³-hybridized carbons (Fsp3) is 0.444. The van der Waals surface area contributed by atoms with E-state index in [0.717, 1.165) is 74.4 Å². The standard InChI is InChI=1S/C27H32BrN5O3/c28-24-3-1-2-23(16-24)26-30-25(36-31-26)19-32-10-8-22(9-11-32)27(34)29-17-20-4-6-21(7-5-20)18-33-12-14-35-15-13-33/h1-7,16,22H,8-15,17-19H2,(H,29,34). The maximum Gasteiger partial charge on any atom is 0.241 e. The zero-order valence-corrected chi connectivity index (χ0v) is 22.0. The quantitative estimate of drug-likeness (QED) is 0.453. The number of piperidine rings is 1. The summed E-state index contributed by atoms with van der Waals surface area (Å²) in [5, 5.41) is 7.25. The molecule has 3 aromatic rings. The number of morpholine rings is 1. The van der Waals surface area contributed by atoms with E-state index in [4.69, 9.17) is 9.26 Å². The van der Waals surface area contributed by atoms with Crippen molar-refractivity contribution in [2.24, 2.45) is 5.92 Å². The van der Waals surface area contributed by atoms with Crippen molar-refractivity contribution in [2.75, 3.05) is 39.4 Å². The molecular formula is C27H32BrN5O3. The summed E-state index contributed by atoms with van der Waals surface area (Å²) < 4.78 is 11.9. The van der Waals surface area contributed by atoms with Gasteiger partial charge in [-0.2, -0.15) is 4.98 Å². The highest BCUT2D eigenvalue weighted by molar-refractivity contribution is 9.10. The number of hydrogen-bond donors (Lipinski definition) is 1. The molecule has 0 saturated carbocycles. The van der Waals surface area contributed by atoms with Gasteiger partial charge in [-0.05, 0) is 49.2 Å². The number of hydrogen-bond acceptors (Lipinski definition) is 7. The van der Waals surface area contributed by atoms with Gasteiger partial charge in [0.25, 0.3) is 0 Å². The van der Waals surface area contributed by atoms with Crippen LogP contribution in [0.5, 0.6) is 0 Å². The van der Waals surface area contributed by atoms with Crippen LogP contribution in [0.3, 0.4) is 0 Å². The van der Waals surface area contributed by atoms with Gasteiger partial charge in [0.2, 0.25) is 17.6 Å². The van der Waals surface area contributed by atoms with E-state index in [2.05, 4.69) is 65.5 Å². The number of nitrogens with one attached hydrogen (secondary N) is 1. The van der Waals surface area contributed by atoms with Crippen molar-refractivity contribution in [1.82, 2.24) is 25.3 Å². The van der Waals surface area contributed by atoms with Crippen LogP contribution in [0.2, 0.25) is 0 Å². The second-order valence-electron chi connectivity index (χ2n) is 9.50. The molecule has 0 aliphatic carbocycles. The molecule has 0 atom stereocenters. The minimum Gasteiger partial charge on any atom is -0.379 e. The van der Waals surface area contributed by atoms with E-state index < -0.39 is 0 Å². The number of halogens is 1. The lowest BCUT2D eigenvalue weighted by Crippen LogP contribution is -2.40. The maximum absolute atomic E-state index is 12.8. The highest BCUT2D eigenvalue weighted by Gasteiger charge is 2.26. The average Bonchev–Trinajstić information content (AvgIpc) is 3.38. The molecule has 9 heteroatoms. The number of aromatic nitrogens is 2. The predicted molar refractivity (Wildman–Crippen MR) is 140 cm³/mol. The fourth-order valence-electron chi connectivity index (χ4n) is 4.72. The molecule has 0 radical (unpaired) electrons. The molecule has 0 unspecified atom stereocenters. The van der Waals surface area contributed by atoms with E-state index in [9.17, 15) is 4.79 Å². The number of nitrogens with zero attached hydrogens (tertiary/aromatic N) is 4. The Bertz CT molecular complexity index is 1140. The van der Waals surface area contributed by atoms with E-state index >= 15 is 0 Å². The molecule has 2 saturated heterocycles. The third-order valence-electron chi connectivity index (χ3n) is 6.87. The van der Waals surface area contributed by atoms with Crippen molar-refractivity contribution >= 4 is 21.8 Å². The van der Waals surface area contributed by atoms with Gasteiger partial charge in [-0.3, -0.25) is 14.6 Å².